The predicted molar refractivity (Wildman–Crippen MR) is 77.4 cm³/mol. The first kappa shape index (κ1) is 15.0. The van der Waals surface area contributed by atoms with Crippen LogP contribution in [0.25, 0.3) is 0 Å². The first-order chi connectivity index (χ1) is 8.76. The highest BCUT2D eigenvalue weighted by atomic mass is 16.5. The molecule has 102 valence electrons. The van der Waals surface area contributed by atoms with Crippen molar-refractivity contribution in [1.82, 2.24) is 10.2 Å². The summed E-state index contributed by atoms with van der Waals surface area (Å²) in [6.07, 6.45) is 2.34. The molecule has 0 heterocycles. The Hall–Kier alpha value is -1.06. The summed E-state index contributed by atoms with van der Waals surface area (Å²) in [6, 6.07) is 8.36. The van der Waals surface area contributed by atoms with Gasteiger partial charge in [-0.25, -0.2) is 0 Å². The van der Waals surface area contributed by atoms with Crippen LogP contribution in [0.15, 0.2) is 24.3 Å². The first-order valence-electron chi connectivity index (χ1n) is 6.78. The molecule has 0 aliphatic carbocycles. The van der Waals surface area contributed by atoms with E-state index in [0.717, 1.165) is 38.3 Å². The highest BCUT2D eigenvalue weighted by Crippen LogP contribution is 2.12. The van der Waals surface area contributed by atoms with Crippen molar-refractivity contribution in [2.45, 2.75) is 19.8 Å². The van der Waals surface area contributed by atoms with Crippen LogP contribution in [0.1, 0.15) is 18.9 Å². The molecule has 1 aromatic carbocycles. The lowest BCUT2D eigenvalue weighted by Crippen LogP contribution is -2.29. The van der Waals surface area contributed by atoms with E-state index in [-0.39, 0.29) is 0 Å². The van der Waals surface area contributed by atoms with E-state index in [4.69, 9.17) is 4.74 Å². The zero-order valence-electron chi connectivity index (χ0n) is 11.9. The summed E-state index contributed by atoms with van der Waals surface area (Å²) in [5.41, 5.74) is 1.39. The molecule has 0 aliphatic rings. The number of aryl methyl sites for hydroxylation is 1. The summed E-state index contributed by atoms with van der Waals surface area (Å²) in [7, 11) is 3.89. The van der Waals surface area contributed by atoms with Crippen molar-refractivity contribution in [3.05, 3.63) is 29.8 Å². The van der Waals surface area contributed by atoms with E-state index in [1.54, 1.807) is 7.11 Å². The molecule has 0 radical (unpaired) electrons. The van der Waals surface area contributed by atoms with E-state index in [9.17, 15) is 0 Å². The Morgan fingerprint density at radius 3 is 2.50 bits per heavy atom. The predicted octanol–water partition coefficient (Wildman–Crippen LogP) is 2.17. The molecule has 0 unspecified atom stereocenters. The largest absolute Gasteiger partial charge is 0.497 e. The zero-order chi connectivity index (χ0) is 13.2. The Balaban J connectivity index is 2.16. The lowest BCUT2D eigenvalue weighted by atomic mass is 10.1. The van der Waals surface area contributed by atoms with Gasteiger partial charge < -0.3 is 15.0 Å². The highest BCUT2D eigenvalue weighted by Gasteiger charge is 1.99. The fourth-order valence-corrected chi connectivity index (χ4v) is 1.90. The Morgan fingerprint density at radius 1 is 1.17 bits per heavy atom. The Bertz CT molecular complexity index is 311. The van der Waals surface area contributed by atoms with Crippen molar-refractivity contribution in [3.63, 3.8) is 0 Å². The quantitative estimate of drug-likeness (QED) is 0.680. The van der Waals surface area contributed by atoms with Gasteiger partial charge in [0, 0.05) is 13.1 Å². The number of rotatable bonds is 9. The summed E-state index contributed by atoms with van der Waals surface area (Å²) >= 11 is 0. The van der Waals surface area contributed by atoms with Gasteiger partial charge in [0.1, 0.15) is 5.75 Å². The van der Waals surface area contributed by atoms with Crippen LogP contribution < -0.4 is 10.1 Å². The molecule has 0 aromatic heterocycles. The van der Waals surface area contributed by atoms with Gasteiger partial charge in [-0.05, 0) is 50.7 Å². The molecule has 0 bridgehead atoms. The molecule has 0 fully saturated rings. The maximum absolute atomic E-state index is 5.15. The van der Waals surface area contributed by atoms with Crippen molar-refractivity contribution in [1.29, 1.82) is 0 Å². The molecule has 3 heteroatoms. The van der Waals surface area contributed by atoms with Crippen LogP contribution >= 0.6 is 0 Å². The van der Waals surface area contributed by atoms with Gasteiger partial charge in [0.05, 0.1) is 7.11 Å². The minimum Gasteiger partial charge on any atom is -0.497 e. The topological polar surface area (TPSA) is 24.5 Å². The smallest absolute Gasteiger partial charge is 0.118 e. The van der Waals surface area contributed by atoms with Crippen LogP contribution in [0.4, 0.5) is 0 Å². The summed E-state index contributed by atoms with van der Waals surface area (Å²) < 4.78 is 5.15. The fourth-order valence-electron chi connectivity index (χ4n) is 1.90. The molecule has 0 saturated heterocycles. The van der Waals surface area contributed by atoms with Crippen molar-refractivity contribution >= 4 is 0 Å². The average Bonchev–Trinajstić information content (AvgIpc) is 2.40. The van der Waals surface area contributed by atoms with Gasteiger partial charge in [-0.1, -0.05) is 19.1 Å². The highest BCUT2D eigenvalue weighted by molar-refractivity contribution is 5.27. The molecule has 18 heavy (non-hydrogen) atoms. The van der Waals surface area contributed by atoms with Crippen LogP contribution in [0.5, 0.6) is 5.75 Å². The zero-order valence-corrected chi connectivity index (χ0v) is 11.9. The Morgan fingerprint density at radius 2 is 1.89 bits per heavy atom. The first-order valence-corrected chi connectivity index (χ1v) is 6.78. The number of likely N-dealkylation sites (N-methyl/N-ethyl adjacent to an activating group) is 2. The second-order valence-corrected chi connectivity index (χ2v) is 4.61. The maximum atomic E-state index is 5.15. The minimum absolute atomic E-state index is 0.932. The van der Waals surface area contributed by atoms with Crippen molar-refractivity contribution < 1.29 is 4.74 Å². The number of benzene rings is 1. The Labute approximate surface area is 111 Å². The van der Waals surface area contributed by atoms with Gasteiger partial charge in [0.2, 0.25) is 0 Å². The van der Waals surface area contributed by atoms with E-state index in [1.165, 1.54) is 12.0 Å². The average molecular weight is 250 g/mol. The molecule has 1 aromatic rings. The van der Waals surface area contributed by atoms with Gasteiger partial charge in [-0.15, -0.1) is 0 Å². The third kappa shape index (κ3) is 6.03. The third-order valence-corrected chi connectivity index (χ3v) is 3.08. The lowest BCUT2D eigenvalue weighted by molar-refractivity contribution is 0.328. The van der Waals surface area contributed by atoms with E-state index in [1.807, 2.05) is 12.1 Å². The number of hydrogen-bond acceptors (Lipinski definition) is 3. The van der Waals surface area contributed by atoms with E-state index < -0.39 is 0 Å². The van der Waals surface area contributed by atoms with Gasteiger partial charge in [-0.3, -0.25) is 0 Å². The minimum atomic E-state index is 0.932. The molecule has 3 nitrogen and oxygen atoms in total. The van der Waals surface area contributed by atoms with Crippen LogP contribution in [-0.4, -0.2) is 45.2 Å². The van der Waals surface area contributed by atoms with Crippen LogP contribution in [0.3, 0.4) is 0 Å². The van der Waals surface area contributed by atoms with Crippen LogP contribution in [0.2, 0.25) is 0 Å². The fraction of sp³-hybridized carbons (Fsp3) is 0.600. The molecule has 0 atom stereocenters. The Kier molecular flexibility index (Phi) is 7.46. The summed E-state index contributed by atoms with van der Waals surface area (Å²) in [4.78, 5) is 2.38. The normalized spacial score (nSPS) is 10.9. The van der Waals surface area contributed by atoms with E-state index in [2.05, 4.69) is 36.3 Å². The maximum Gasteiger partial charge on any atom is 0.118 e. The molecular weight excluding hydrogens is 224 g/mol. The molecule has 0 amide bonds. The number of nitrogens with one attached hydrogen (secondary N) is 1. The standard InChI is InChI=1S/C15H26N2O/c1-4-16-11-13-17(2)12-5-6-14-7-9-15(18-3)10-8-14/h7-10,16H,4-6,11-13H2,1-3H3. The van der Waals surface area contributed by atoms with Crippen LogP contribution in [-0.2, 0) is 6.42 Å². The molecule has 0 spiro atoms. The second kappa shape index (κ2) is 8.95. The number of ether oxygens (including phenoxy) is 1. The molecule has 1 rings (SSSR count). The SMILES string of the molecule is CCNCCN(C)CCCc1ccc(OC)cc1. The molecule has 0 aliphatic heterocycles. The van der Waals surface area contributed by atoms with Crippen molar-refractivity contribution in [2.75, 3.05) is 40.3 Å². The van der Waals surface area contributed by atoms with E-state index >= 15 is 0 Å². The number of methoxy groups -OCH3 is 1. The van der Waals surface area contributed by atoms with Gasteiger partial charge in [0.25, 0.3) is 0 Å². The molecule has 1 N–H and O–H groups in total. The summed E-state index contributed by atoms with van der Waals surface area (Å²) in [5, 5.41) is 3.34. The van der Waals surface area contributed by atoms with Crippen molar-refractivity contribution in [3.8, 4) is 5.75 Å². The van der Waals surface area contributed by atoms with Crippen molar-refractivity contribution in [2.24, 2.45) is 0 Å². The number of hydrogen-bond donors (Lipinski definition) is 1. The third-order valence-electron chi connectivity index (χ3n) is 3.08. The molecule has 0 saturated carbocycles. The number of nitrogens with zero attached hydrogens (tertiary/aromatic N) is 1. The monoisotopic (exact) mass is 250 g/mol. The second-order valence-electron chi connectivity index (χ2n) is 4.61. The van der Waals surface area contributed by atoms with Gasteiger partial charge in [0.15, 0.2) is 0 Å². The van der Waals surface area contributed by atoms with Gasteiger partial charge in [-0.2, -0.15) is 0 Å². The van der Waals surface area contributed by atoms with Gasteiger partial charge >= 0.3 is 0 Å². The lowest BCUT2D eigenvalue weighted by Gasteiger charge is -2.16. The summed E-state index contributed by atoms with van der Waals surface area (Å²) in [5.74, 6) is 0.932. The molecular formula is C15H26N2O. The summed E-state index contributed by atoms with van der Waals surface area (Å²) in [6.45, 7) is 6.55. The van der Waals surface area contributed by atoms with Crippen LogP contribution in [0, 0.1) is 0 Å². The van der Waals surface area contributed by atoms with E-state index in [0.29, 0.717) is 0 Å².